The molecule has 0 unspecified atom stereocenters. The maximum absolute atomic E-state index is 14.4. The summed E-state index contributed by atoms with van der Waals surface area (Å²) in [6.07, 6.45) is 2.63. The van der Waals surface area contributed by atoms with Gasteiger partial charge in [0, 0.05) is 32.4 Å². The normalized spacial score (nSPS) is 16.3. The number of nitro benzene ring substituents is 1. The molecule has 1 saturated heterocycles. The van der Waals surface area contributed by atoms with E-state index < -0.39 is 22.4 Å². The highest BCUT2D eigenvalue weighted by Gasteiger charge is 2.33. The van der Waals surface area contributed by atoms with Gasteiger partial charge in [-0.25, -0.2) is 14.2 Å². The van der Waals surface area contributed by atoms with Crippen molar-refractivity contribution >= 4 is 28.5 Å². The predicted octanol–water partition coefficient (Wildman–Crippen LogP) is 3.79. The van der Waals surface area contributed by atoms with Gasteiger partial charge in [-0.15, -0.1) is 0 Å². The van der Waals surface area contributed by atoms with Crippen LogP contribution in [0.5, 0.6) is 0 Å². The van der Waals surface area contributed by atoms with E-state index in [1.54, 1.807) is 38.5 Å². The average molecular weight is 456 g/mol. The Morgan fingerprint density at radius 2 is 2.09 bits per heavy atom. The molecule has 0 radical (unpaired) electrons. The first-order valence-electron chi connectivity index (χ1n) is 10.5. The van der Waals surface area contributed by atoms with Gasteiger partial charge in [0.25, 0.3) is 5.69 Å². The fourth-order valence-electron chi connectivity index (χ4n) is 4.05. The van der Waals surface area contributed by atoms with E-state index in [-0.39, 0.29) is 17.3 Å². The quantitative estimate of drug-likeness (QED) is 0.469. The van der Waals surface area contributed by atoms with E-state index in [2.05, 4.69) is 15.3 Å². The molecule has 33 heavy (non-hydrogen) atoms. The number of hydrogen-bond acceptors (Lipinski definition) is 7. The molecule has 4 rings (SSSR count). The second-order valence-electron chi connectivity index (χ2n) is 8.99. The van der Waals surface area contributed by atoms with Gasteiger partial charge in [-0.2, -0.15) is 0 Å². The van der Waals surface area contributed by atoms with Crippen LogP contribution in [0.2, 0.25) is 0 Å². The van der Waals surface area contributed by atoms with Crippen LogP contribution in [0.15, 0.2) is 30.6 Å². The molecule has 0 spiro atoms. The predicted molar refractivity (Wildman–Crippen MR) is 121 cm³/mol. The Morgan fingerprint density at radius 3 is 2.76 bits per heavy atom. The molecular formula is C22H25FN6O4. The molecule has 1 fully saturated rings. The van der Waals surface area contributed by atoms with Crippen LogP contribution in [0.4, 0.5) is 20.6 Å². The van der Waals surface area contributed by atoms with Gasteiger partial charge in [0.2, 0.25) is 0 Å². The van der Waals surface area contributed by atoms with Gasteiger partial charge in [0.05, 0.1) is 28.2 Å². The molecule has 174 valence electrons. The highest BCUT2D eigenvalue weighted by molar-refractivity contribution is 5.96. The summed E-state index contributed by atoms with van der Waals surface area (Å²) in [5.74, 6) is -0.191. The fourth-order valence-corrected chi connectivity index (χ4v) is 4.05. The Morgan fingerprint density at radius 1 is 1.33 bits per heavy atom. The minimum atomic E-state index is -0.626. The summed E-state index contributed by atoms with van der Waals surface area (Å²) in [4.78, 5) is 33.8. The van der Waals surface area contributed by atoms with Crippen LogP contribution in [-0.4, -0.2) is 50.3 Å². The Kier molecular flexibility index (Phi) is 5.64. The summed E-state index contributed by atoms with van der Waals surface area (Å²) in [5.41, 5.74) is 0.909. The van der Waals surface area contributed by atoms with Crippen LogP contribution >= 0.6 is 0 Å². The molecule has 0 bridgehead atoms. The molecule has 2 aromatic heterocycles. The Balaban J connectivity index is 1.72. The third-order valence-corrected chi connectivity index (χ3v) is 5.44. The monoisotopic (exact) mass is 456 g/mol. The lowest BCUT2D eigenvalue weighted by molar-refractivity contribution is -0.384. The summed E-state index contributed by atoms with van der Waals surface area (Å²) < 4.78 is 21.4. The van der Waals surface area contributed by atoms with Crippen LogP contribution in [-0.2, 0) is 11.8 Å². The topological polar surface area (TPSA) is 115 Å². The van der Waals surface area contributed by atoms with Gasteiger partial charge in [0.15, 0.2) is 5.82 Å². The van der Waals surface area contributed by atoms with Crippen molar-refractivity contribution in [2.45, 2.75) is 38.8 Å². The molecular weight excluding hydrogens is 431 g/mol. The number of hydrogen-bond donors (Lipinski definition) is 1. The molecule has 1 aliphatic rings. The SMILES string of the molecule is Cn1c(-c2ccncc2F)nc2c(N3CC[C@H](NC(=O)OC(C)(C)C)C3)c([N+](=O)[O-])ccc21. The van der Waals surface area contributed by atoms with Crippen molar-refractivity contribution in [3.05, 3.63) is 46.5 Å². The number of fused-ring (bicyclic) bond motifs is 1. The second-order valence-corrected chi connectivity index (χ2v) is 8.99. The summed E-state index contributed by atoms with van der Waals surface area (Å²) in [7, 11) is 1.73. The lowest BCUT2D eigenvalue weighted by Crippen LogP contribution is -2.40. The van der Waals surface area contributed by atoms with Crippen LogP contribution in [0.25, 0.3) is 22.4 Å². The Labute approximate surface area is 189 Å². The van der Waals surface area contributed by atoms with Gasteiger partial charge in [-0.3, -0.25) is 15.1 Å². The van der Waals surface area contributed by atoms with Crippen molar-refractivity contribution in [2.24, 2.45) is 7.05 Å². The first-order valence-corrected chi connectivity index (χ1v) is 10.5. The number of nitrogens with one attached hydrogen (secondary N) is 1. The third kappa shape index (κ3) is 4.43. The highest BCUT2D eigenvalue weighted by Crippen LogP contribution is 2.39. The van der Waals surface area contributed by atoms with Crippen LogP contribution < -0.4 is 10.2 Å². The maximum Gasteiger partial charge on any atom is 0.407 e. The van der Waals surface area contributed by atoms with Crippen molar-refractivity contribution in [2.75, 3.05) is 18.0 Å². The zero-order valence-corrected chi connectivity index (χ0v) is 18.8. The number of aromatic nitrogens is 3. The number of halogens is 1. The molecule has 1 aromatic carbocycles. The third-order valence-electron chi connectivity index (χ3n) is 5.44. The average Bonchev–Trinajstić information content (AvgIpc) is 3.30. The lowest BCUT2D eigenvalue weighted by atomic mass is 10.2. The summed E-state index contributed by atoms with van der Waals surface area (Å²) >= 11 is 0. The zero-order chi connectivity index (χ0) is 23.9. The number of nitrogens with zero attached hydrogens (tertiary/aromatic N) is 5. The Bertz CT molecular complexity index is 1240. The number of pyridine rings is 1. The Hall–Kier alpha value is -3.76. The summed E-state index contributed by atoms with van der Waals surface area (Å²) in [6, 6.07) is 4.32. The van der Waals surface area contributed by atoms with Gasteiger partial charge in [-0.05, 0) is 39.3 Å². The molecule has 3 aromatic rings. The molecule has 0 aliphatic carbocycles. The molecule has 10 nitrogen and oxygen atoms in total. The molecule has 1 aliphatic heterocycles. The number of anilines is 1. The fraction of sp³-hybridized carbons (Fsp3) is 0.409. The van der Waals surface area contributed by atoms with Gasteiger partial charge >= 0.3 is 6.09 Å². The van der Waals surface area contributed by atoms with Gasteiger partial charge in [0.1, 0.15) is 22.6 Å². The van der Waals surface area contributed by atoms with Crippen molar-refractivity contribution < 1.29 is 18.8 Å². The number of amides is 1. The van der Waals surface area contributed by atoms with Crippen LogP contribution in [0.3, 0.4) is 0 Å². The lowest BCUT2D eigenvalue weighted by Gasteiger charge is -2.22. The highest BCUT2D eigenvalue weighted by atomic mass is 19.1. The summed E-state index contributed by atoms with van der Waals surface area (Å²) in [5, 5.41) is 14.7. The van der Waals surface area contributed by atoms with Gasteiger partial charge < -0.3 is 19.5 Å². The molecule has 3 heterocycles. The molecule has 1 N–H and O–H groups in total. The second kappa shape index (κ2) is 8.30. The number of alkyl carbamates (subject to hydrolysis) is 1. The number of carbonyl (C=O) groups excluding carboxylic acids is 1. The number of nitro groups is 1. The van der Waals surface area contributed by atoms with E-state index in [4.69, 9.17) is 4.74 Å². The first kappa shape index (κ1) is 22.4. The van der Waals surface area contributed by atoms with Crippen LogP contribution in [0, 0.1) is 15.9 Å². The van der Waals surface area contributed by atoms with Gasteiger partial charge in [-0.1, -0.05) is 0 Å². The van der Waals surface area contributed by atoms with Crippen molar-refractivity contribution in [1.29, 1.82) is 0 Å². The smallest absolute Gasteiger partial charge is 0.407 e. The molecule has 11 heteroatoms. The number of imidazole rings is 1. The van der Waals surface area contributed by atoms with E-state index in [0.717, 1.165) is 6.20 Å². The number of aryl methyl sites for hydroxylation is 1. The number of carbonyl (C=O) groups is 1. The first-order chi connectivity index (χ1) is 15.5. The van der Waals surface area contributed by atoms with E-state index >= 15 is 0 Å². The van der Waals surface area contributed by atoms with Crippen LogP contribution in [0.1, 0.15) is 27.2 Å². The zero-order valence-electron chi connectivity index (χ0n) is 18.8. The molecule has 1 atom stereocenters. The summed E-state index contributed by atoms with van der Waals surface area (Å²) in [6.45, 7) is 6.18. The maximum atomic E-state index is 14.4. The van der Waals surface area contributed by atoms with E-state index in [1.165, 1.54) is 18.3 Å². The largest absolute Gasteiger partial charge is 0.444 e. The van der Waals surface area contributed by atoms with Crippen molar-refractivity contribution in [3.8, 4) is 11.4 Å². The van der Waals surface area contributed by atoms with Crippen molar-refractivity contribution in [1.82, 2.24) is 19.9 Å². The van der Waals surface area contributed by atoms with Crippen molar-refractivity contribution in [3.63, 3.8) is 0 Å². The molecule has 0 saturated carbocycles. The van der Waals surface area contributed by atoms with E-state index in [9.17, 15) is 19.3 Å². The standard InChI is InChI=1S/C22H25FN6O4/c1-22(2,3)33-21(30)25-13-8-10-28(12-13)19-17(29(31)32)6-5-16-18(19)26-20(27(16)4)14-7-9-24-11-15(14)23/h5-7,9,11,13H,8,10,12H2,1-4H3,(H,25,30)/t13-/m0/s1. The molecule has 1 amide bonds. The minimum Gasteiger partial charge on any atom is -0.444 e. The van der Waals surface area contributed by atoms with E-state index in [1.807, 2.05) is 4.90 Å². The number of rotatable bonds is 4. The minimum absolute atomic E-state index is 0.0970. The number of ether oxygens (including phenoxy) is 1. The van der Waals surface area contributed by atoms with E-state index in [0.29, 0.717) is 42.1 Å². The number of benzene rings is 1.